The summed E-state index contributed by atoms with van der Waals surface area (Å²) in [5.41, 5.74) is 1.13. The molecule has 0 bridgehead atoms. The standard InChI is InChI=1S/C16H21N3S/c1-2-4-15-14(3-1)18-16(20-15)10-17-9-12-7-8-19(11-12)13-5-6-13/h1-4,12-13,17H,5-11H2. The highest BCUT2D eigenvalue weighted by Gasteiger charge is 2.33. The van der Waals surface area contributed by atoms with Crippen molar-refractivity contribution in [3.05, 3.63) is 29.3 Å². The van der Waals surface area contributed by atoms with Crippen molar-refractivity contribution in [2.24, 2.45) is 5.92 Å². The number of rotatable bonds is 5. The predicted octanol–water partition coefficient (Wildman–Crippen LogP) is 2.87. The maximum atomic E-state index is 4.68. The first kappa shape index (κ1) is 12.7. The molecule has 106 valence electrons. The van der Waals surface area contributed by atoms with Gasteiger partial charge in [0.15, 0.2) is 0 Å². The molecule has 3 nitrogen and oxygen atoms in total. The molecular formula is C16H21N3S. The summed E-state index contributed by atoms with van der Waals surface area (Å²) in [4.78, 5) is 7.36. The van der Waals surface area contributed by atoms with Crippen LogP contribution >= 0.6 is 11.3 Å². The van der Waals surface area contributed by atoms with Crippen LogP contribution in [0.1, 0.15) is 24.3 Å². The summed E-state index contributed by atoms with van der Waals surface area (Å²) in [6.07, 6.45) is 4.24. The number of fused-ring (bicyclic) bond motifs is 1. The van der Waals surface area contributed by atoms with E-state index in [0.717, 1.165) is 30.6 Å². The van der Waals surface area contributed by atoms with Crippen molar-refractivity contribution in [2.45, 2.75) is 31.8 Å². The minimum atomic E-state index is 0.838. The minimum Gasteiger partial charge on any atom is -0.310 e. The van der Waals surface area contributed by atoms with Gasteiger partial charge in [0.25, 0.3) is 0 Å². The normalized spacial score (nSPS) is 23.7. The molecule has 1 aromatic heterocycles. The summed E-state index contributed by atoms with van der Waals surface area (Å²) < 4.78 is 1.30. The summed E-state index contributed by atoms with van der Waals surface area (Å²) in [6.45, 7) is 4.67. The van der Waals surface area contributed by atoms with E-state index in [-0.39, 0.29) is 0 Å². The molecule has 20 heavy (non-hydrogen) atoms. The number of nitrogens with zero attached hydrogens (tertiary/aromatic N) is 2. The second-order valence-electron chi connectivity index (χ2n) is 6.09. The molecule has 2 heterocycles. The molecule has 2 fully saturated rings. The van der Waals surface area contributed by atoms with E-state index in [4.69, 9.17) is 0 Å². The van der Waals surface area contributed by atoms with Crippen LogP contribution in [-0.4, -0.2) is 35.6 Å². The summed E-state index contributed by atoms with van der Waals surface area (Å²) in [5.74, 6) is 0.838. The third kappa shape index (κ3) is 2.73. The Morgan fingerprint density at radius 3 is 3.00 bits per heavy atom. The summed E-state index contributed by atoms with van der Waals surface area (Å²) >= 11 is 1.81. The summed E-state index contributed by atoms with van der Waals surface area (Å²) in [6, 6.07) is 9.33. The zero-order chi connectivity index (χ0) is 13.4. The third-order valence-corrected chi connectivity index (χ3v) is 5.46. The van der Waals surface area contributed by atoms with Gasteiger partial charge in [0.1, 0.15) is 5.01 Å². The molecule has 1 aromatic carbocycles. The van der Waals surface area contributed by atoms with Crippen molar-refractivity contribution >= 4 is 21.6 Å². The van der Waals surface area contributed by atoms with Gasteiger partial charge in [-0.15, -0.1) is 11.3 Å². The van der Waals surface area contributed by atoms with Crippen LogP contribution in [0.3, 0.4) is 0 Å². The molecule has 0 radical (unpaired) electrons. The molecule has 1 saturated carbocycles. The van der Waals surface area contributed by atoms with Crippen LogP contribution in [0, 0.1) is 5.92 Å². The van der Waals surface area contributed by atoms with E-state index in [1.807, 2.05) is 11.3 Å². The van der Waals surface area contributed by atoms with Crippen molar-refractivity contribution in [1.29, 1.82) is 0 Å². The lowest BCUT2D eigenvalue weighted by atomic mass is 10.1. The van der Waals surface area contributed by atoms with Crippen LogP contribution in [0.15, 0.2) is 24.3 Å². The van der Waals surface area contributed by atoms with Crippen LogP contribution in [0.25, 0.3) is 10.2 Å². The van der Waals surface area contributed by atoms with E-state index >= 15 is 0 Å². The van der Waals surface area contributed by atoms with Crippen LogP contribution < -0.4 is 5.32 Å². The second kappa shape index (κ2) is 5.43. The fourth-order valence-electron chi connectivity index (χ4n) is 3.18. The number of nitrogens with one attached hydrogen (secondary N) is 1. The van der Waals surface area contributed by atoms with Gasteiger partial charge in [-0.05, 0) is 50.4 Å². The number of hydrogen-bond donors (Lipinski definition) is 1. The number of likely N-dealkylation sites (tertiary alicyclic amines) is 1. The maximum Gasteiger partial charge on any atom is 0.108 e. The lowest BCUT2D eigenvalue weighted by molar-refractivity contribution is 0.312. The average molecular weight is 287 g/mol. The Balaban J connectivity index is 1.28. The van der Waals surface area contributed by atoms with E-state index in [9.17, 15) is 0 Å². The highest BCUT2D eigenvalue weighted by molar-refractivity contribution is 7.18. The molecule has 1 aliphatic heterocycles. The van der Waals surface area contributed by atoms with Crippen molar-refractivity contribution in [3.63, 3.8) is 0 Å². The first-order chi connectivity index (χ1) is 9.88. The van der Waals surface area contributed by atoms with Gasteiger partial charge in [-0.3, -0.25) is 0 Å². The van der Waals surface area contributed by atoms with E-state index in [1.54, 1.807) is 0 Å². The molecule has 1 unspecified atom stereocenters. The molecular weight excluding hydrogens is 266 g/mol. The summed E-state index contributed by atoms with van der Waals surface area (Å²) in [7, 11) is 0. The lowest BCUT2D eigenvalue weighted by Gasteiger charge is -2.14. The van der Waals surface area contributed by atoms with Crippen molar-refractivity contribution in [2.75, 3.05) is 19.6 Å². The number of benzene rings is 1. The Morgan fingerprint density at radius 1 is 1.25 bits per heavy atom. The van der Waals surface area contributed by atoms with E-state index in [1.165, 1.54) is 42.1 Å². The van der Waals surface area contributed by atoms with Crippen LogP contribution in [0.4, 0.5) is 0 Å². The Bertz CT molecular complexity index is 557. The zero-order valence-corrected chi connectivity index (χ0v) is 12.5. The Morgan fingerprint density at radius 2 is 2.15 bits per heavy atom. The molecule has 1 aliphatic carbocycles. The van der Waals surface area contributed by atoms with Crippen molar-refractivity contribution in [3.8, 4) is 0 Å². The molecule has 0 amide bonds. The minimum absolute atomic E-state index is 0.838. The molecule has 1 atom stereocenters. The number of aromatic nitrogens is 1. The van der Waals surface area contributed by atoms with Crippen molar-refractivity contribution < 1.29 is 0 Å². The molecule has 4 rings (SSSR count). The van der Waals surface area contributed by atoms with Gasteiger partial charge < -0.3 is 10.2 Å². The number of para-hydroxylation sites is 1. The molecule has 2 aromatic rings. The first-order valence-corrected chi connectivity index (χ1v) is 8.49. The van der Waals surface area contributed by atoms with Crippen LogP contribution in [0.2, 0.25) is 0 Å². The monoisotopic (exact) mass is 287 g/mol. The van der Waals surface area contributed by atoms with Gasteiger partial charge in [0.05, 0.1) is 10.2 Å². The smallest absolute Gasteiger partial charge is 0.108 e. The topological polar surface area (TPSA) is 28.2 Å². The second-order valence-corrected chi connectivity index (χ2v) is 7.20. The maximum absolute atomic E-state index is 4.68. The first-order valence-electron chi connectivity index (χ1n) is 7.68. The predicted molar refractivity (Wildman–Crippen MR) is 84.0 cm³/mol. The van der Waals surface area contributed by atoms with Gasteiger partial charge >= 0.3 is 0 Å². The van der Waals surface area contributed by atoms with Gasteiger partial charge in [0.2, 0.25) is 0 Å². The van der Waals surface area contributed by atoms with Gasteiger partial charge in [-0.1, -0.05) is 12.1 Å². The molecule has 4 heteroatoms. The molecule has 2 aliphatic rings. The number of hydrogen-bond acceptors (Lipinski definition) is 4. The van der Waals surface area contributed by atoms with Crippen LogP contribution in [-0.2, 0) is 6.54 Å². The fourth-order valence-corrected chi connectivity index (χ4v) is 4.12. The van der Waals surface area contributed by atoms with Gasteiger partial charge in [-0.25, -0.2) is 4.98 Å². The highest BCUT2D eigenvalue weighted by atomic mass is 32.1. The molecule has 1 saturated heterocycles. The Labute approximate surface area is 124 Å². The average Bonchev–Trinajstić information content (AvgIpc) is 3.06. The largest absolute Gasteiger partial charge is 0.310 e. The van der Waals surface area contributed by atoms with Crippen molar-refractivity contribution in [1.82, 2.24) is 15.2 Å². The molecule has 0 spiro atoms. The van der Waals surface area contributed by atoms with E-state index < -0.39 is 0 Å². The van der Waals surface area contributed by atoms with Gasteiger partial charge in [0, 0.05) is 19.1 Å². The fraction of sp³-hybridized carbons (Fsp3) is 0.562. The molecule has 1 N–H and O–H groups in total. The third-order valence-electron chi connectivity index (χ3n) is 4.43. The van der Waals surface area contributed by atoms with E-state index in [0.29, 0.717) is 0 Å². The van der Waals surface area contributed by atoms with Crippen LogP contribution in [0.5, 0.6) is 0 Å². The summed E-state index contributed by atoms with van der Waals surface area (Å²) in [5, 5.41) is 4.82. The van der Waals surface area contributed by atoms with Gasteiger partial charge in [-0.2, -0.15) is 0 Å². The zero-order valence-electron chi connectivity index (χ0n) is 11.7. The SMILES string of the molecule is c1ccc2sc(CNCC3CCN(C4CC4)C3)nc2c1. The quantitative estimate of drug-likeness (QED) is 0.916. The van der Waals surface area contributed by atoms with E-state index in [2.05, 4.69) is 39.5 Å². The Kier molecular flexibility index (Phi) is 3.46. The number of thiazole rings is 1. The lowest BCUT2D eigenvalue weighted by Crippen LogP contribution is -2.27. The Hall–Kier alpha value is -0.970. The highest BCUT2D eigenvalue weighted by Crippen LogP contribution is 2.31.